The van der Waals surface area contributed by atoms with Gasteiger partial charge in [-0.25, -0.2) is 31.8 Å². The van der Waals surface area contributed by atoms with E-state index < -0.39 is 0 Å². The van der Waals surface area contributed by atoms with Crippen molar-refractivity contribution in [1.29, 1.82) is 0 Å². The van der Waals surface area contributed by atoms with E-state index in [1.165, 1.54) is 0 Å². The Bertz CT molecular complexity index is 410. The minimum absolute atomic E-state index is 0. The zero-order valence-corrected chi connectivity index (χ0v) is 17.4. The summed E-state index contributed by atoms with van der Waals surface area (Å²) in [5.74, 6) is 0. The molecule has 0 aliphatic carbocycles. The normalized spacial score (nSPS) is 10.8. The molecule has 132 valence electrons. The third-order valence-corrected chi connectivity index (χ3v) is 3.77. The average molecular weight is 454 g/mol. The quantitative estimate of drug-likeness (QED) is 0.355. The predicted molar refractivity (Wildman–Crippen MR) is 98.9 cm³/mol. The predicted octanol–water partition coefficient (Wildman–Crippen LogP) is 4.44. The SMILES string of the molecule is CC([S-])=C([S-])C([S-])=C(C)[S-].[Co].[Co].[cH-]1[cH-][cH-][cH-][cH-]1.c1cc[cH-]c1. The van der Waals surface area contributed by atoms with Gasteiger partial charge in [0.2, 0.25) is 0 Å². The van der Waals surface area contributed by atoms with Gasteiger partial charge in [0.15, 0.2) is 0 Å². The first-order valence-corrected chi connectivity index (χ1v) is 7.53. The third-order valence-electron chi connectivity index (χ3n) is 1.96. The van der Waals surface area contributed by atoms with Crippen LogP contribution in [0.3, 0.4) is 0 Å². The molecule has 0 spiro atoms. The van der Waals surface area contributed by atoms with Crippen LogP contribution in [0.25, 0.3) is 0 Å². The van der Waals surface area contributed by atoms with Crippen LogP contribution in [-0.4, -0.2) is 0 Å². The zero-order chi connectivity index (χ0) is 15.4. The van der Waals surface area contributed by atoms with Gasteiger partial charge < -0.3 is 80.8 Å². The molecular formula is C16H16Co2S4-10. The molecule has 0 amide bonds. The summed E-state index contributed by atoms with van der Waals surface area (Å²) in [5, 5.41) is 0. The molecule has 0 N–H and O–H groups in total. The van der Waals surface area contributed by atoms with Gasteiger partial charge in [-0.05, 0) is 0 Å². The molecule has 22 heavy (non-hydrogen) atoms. The first-order valence-electron chi connectivity index (χ1n) is 5.90. The molecule has 0 bridgehead atoms. The van der Waals surface area contributed by atoms with E-state index in [-0.39, 0.29) is 33.6 Å². The van der Waals surface area contributed by atoms with Gasteiger partial charge in [0.25, 0.3) is 0 Å². The molecule has 0 aliphatic rings. The Morgan fingerprint density at radius 3 is 1.05 bits per heavy atom. The van der Waals surface area contributed by atoms with Crippen LogP contribution in [-0.2, 0) is 84.1 Å². The van der Waals surface area contributed by atoms with Gasteiger partial charge >= 0.3 is 0 Å². The van der Waals surface area contributed by atoms with E-state index in [4.69, 9.17) is 50.5 Å². The largest absolute Gasteiger partial charge is 0.786 e. The molecule has 0 unspecified atom stereocenters. The Balaban J connectivity index is -0.000000254. The van der Waals surface area contributed by atoms with E-state index >= 15 is 0 Å². The molecule has 0 nitrogen and oxygen atoms in total. The molecule has 2 aromatic rings. The Kier molecular flexibility index (Phi) is 21.3. The molecule has 2 rings (SSSR count). The summed E-state index contributed by atoms with van der Waals surface area (Å²) in [5.41, 5.74) is 0. The molecule has 0 saturated heterocycles. The van der Waals surface area contributed by atoms with Gasteiger partial charge in [0.05, 0.1) is 0 Å². The molecule has 2 aromatic carbocycles. The Morgan fingerprint density at radius 2 is 0.909 bits per heavy atom. The Morgan fingerprint density at radius 1 is 0.636 bits per heavy atom. The molecule has 0 saturated carbocycles. The van der Waals surface area contributed by atoms with Crippen molar-refractivity contribution in [3.05, 3.63) is 80.3 Å². The molecule has 6 heteroatoms. The summed E-state index contributed by atoms with van der Waals surface area (Å²) in [6.45, 7) is 3.50. The summed E-state index contributed by atoms with van der Waals surface area (Å²) in [4.78, 5) is 2.36. The summed E-state index contributed by atoms with van der Waals surface area (Å²) in [7, 11) is 0. The minimum Gasteiger partial charge on any atom is -0.786 e. The standard InChI is InChI=1S/C6H10S4.2C5H5.2Co/c1-3(7)5(9)6(10)4(2)8;2*1-2-4-5-3-1;;/h7-10H,1-2H3;2*1-5H;;/q;-5;-1;;/p-4. The molecular weight excluding hydrogens is 438 g/mol. The zero-order valence-electron chi connectivity index (χ0n) is 12.1. The second-order valence-electron chi connectivity index (χ2n) is 3.70. The van der Waals surface area contributed by atoms with Crippen LogP contribution in [0.15, 0.2) is 80.3 Å². The van der Waals surface area contributed by atoms with Crippen LogP contribution in [0.4, 0.5) is 0 Å². The van der Waals surface area contributed by atoms with Crippen molar-refractivity contribution in [2.45, 2.75) is 13.8 Å². The van der Waals surface area contributed by atoms with Crippen molar-refractivity contribution in [2.24, 2.45) is 0 Å². The maximum atomic E-state index is 4.91. The van der Waals surface area contributed by atoms with Gasteiger partial charge in [-0.2, -0.15) is 18.2 Å². The summed E-state index contributed by atoms with van der Waals surface area (Å²) >= 11 is 19.5. The van der Waals surface area contributed by atoms with E-state index in [9.17, 15) is 0 Å². The molecule has 0 aliphatic heterocycles. The van der Waals surface area contributed by atoms with E-state index in [0.717, 1.165) is 0 Å². The summed E-state index contributed by atoms with van der Waals surface area (Å²) in [6, 6.07) is 20.0. The fourth-order valence-corrected chi connectivity index (χ4v) is 1.60. The third kappa shape index (κ3) is 15.0. The molecule has 0 heterocycles. The number of allylic oxidation sites excluding steroid dienone is 2. The maximum Gasteiger partial charge on any atom is 0 e. The smallest absolute Gasteiger partial charge is 0 e. The van der Waals surface area contributed by atoms with Gasteiger partial charge in [-0.15, -0.1) is 0 Å². The average Bonchev–Trinajstić information content (AvgIpc) is 3.12. The Labute approximate surface area is 177 Å². The second-order valence-corrected chi connectivity index (χ2v) is 5.74. The Hall–Kier alpha value is 0.0730. The molecule has 0 fully saturated rings. The number of hydrogen-bond acceptors (Lipinski definition) is 4. The first-order chi connectivity index (χ1) is 9.46. The first kappa shape index (κ1) is 26.9. The monoisotopic (exact) mass is 454 g/mol. The van der Waals surface area contributed by atoms with Crippen molar-refractivity contribution in [3.8, 4) is 0 Å². The molecule has 0 atom stereocenters. The van der Waals surface area contributed by atoms with E-state index in [1.807, 2.05) is 60.7 Å². The summed E-state index contributed by atoms with van der Waals surface area (Å²) < 4.78 is 0. The van der Waals surface area contributed by atoms with Crippen LogP contribution < -0.4 is 0 Å². The van der Waals surface area contributed by atoms with E-state index in [2.05, 4.69) is 0 Å². The van der Waals surface area contributed by atoms with E-state index in [0.29, 0.717) is 19.6 Å². The van der Waals surface area contributed by atoms with Crippen molar-refractivity contribution in [2.75, 3.05) is 0 Å². The molecule has 0 aromatic heterocycles. The number of hydrogen-bond donors (Lipinski definition) is 0. The van der Waals surface area contributed by atoms with Gasteiger partial charge in [0, 0.05) is 33.6 Å². The van der Waals surface area contributed by atoms with Crippen LogP contribution in [0, 0.1) is 0 Å². The van der Waals surface area contributed by atoms with Crippen LogP contribution in [0.2, 0.25) is 0 Å². The molecule has 2 radical (unpaired) electrons. The van der Waals surface area contributed by atoms with Crippen molar-refractivity contribution < 1.29 is 33.6 Å². The van der Waals surface area contributed by atoms with Crippen LogP contribution in [0.1, 0.15) is 13.8 Å². The fourth-order valence-electron chi connectivity index (χ4n) is 0.961. The van der Waals surface area contributed by atoms with Gasteiger partial charge in [-0.1, -0.05) is 13.8 Å². The van der Waals surface area contributed by atoms with Crippen LogP contribution in [0.5, 0.6) is 0 Å². The second kappa shape index (κ2) is 17.4. The van der Waals surface area contributed by atoms with Crippen molar-refractivity contribution in [1.82, 2.24) is 0 Å². The van der Waals surface area contributed by atoms with Crippen molar-refractivity contribution in [3.63, 3.8) is 0 Å². The fraction of sp³-hybridized carbons (Fsp3) is 0.125. The van der Waals surface area contributed by atoms with Crippen molar-refractivity contribution >= 4 is 50.5 Å². The van der Waals surface area contributed by atoms with Gasteiger partial charge in [0.1, 0.15) is 0 Å². The van der Waals surface area contributed by atoms with Crippen LogP contribution >= 0.6 is 0 Å². The van der Waals surface area contributed by atoms with Gasteiger partial charge in [-0.3, -0.25) is 0 Å². The maximum absolute atomic E-state index is 4.91. The number of rotatable bonds is 1. The van der Waals surface area contributed by atoms with E-state index in [1.54, 1.807) is 13.8 Å². The summed E-state index contributed by atoms with van der Waals surface area (Å²) in [6.07, 6.45) is 0. The topological polar surface area (TPSA) is 0 Å². The minimum atomic E-state index is 0.